The number of pyridine rings is 2. The Morgan fingerprint density at radius 2 is 1.65 bits per heavy atom. The van der Waals surface area contributed by atoms with E-state index in [1.807, 2.05) is 12.1 Å². The summed E-state index contributed by atoms with van der Waals surface area (Å²) >= 11 is 0. The van der Waals surface area contributed by atoms with E-state index in [9.17, 15) is 18.8 Å². The fourth-order valence-electron chi connectivity index (χ4n) is 4.35. The Balaban J connectivity index is 1.58. The lowest BCUT2D eigenvalue weighted by molar-refractivity contribution is -0.144. The number of carbonyl (C=O) groups excluding carboxylic acids is 3. The summed E-state index contributed by atoms with van der Waals surface area (Å²) in [5.41, 5.74) is 1.66. The smallest absolute Gasteiger partial charge is 0.299 e. The third kappa shape index (κ3) is 3.96. The zero-order chi connectivity index (χ0) is 23.7. The number of halogens is 1. The van der Waals surface area contributed by atoms with Gasteiger partial charge in [-0.05, 0) is 53.9 Å². The van der Waals surface area contributed by atoms with E-state index >= 15 is 0 Å². The number of aliphatic imine (C=N–C) groups is 1. The first kappa shape index (κ1) is 21.6. The topological polar surface area (TPSA) is 95.8 Å². The maximum absolute atomic E-state index is 13.8. The summed E-state index contributed by atoms with van der Waals surface area (Å²) in [6.45, 7) is 0.139. The van der Waals surface area contributed by atoms with E-state index < -0.39 is 23.5 Å². The third-order valence-corrected chi connectivity index (χ3v) is 6.02. The lowest BCUT2D eigenvalue weighted by Crippen LogP contribution is -2.59. The number of Topliss-reactive ketones (excluding diaryl/α,β-unsaturated/α-hetero) is 2. The Labute approximate surface area is 194 Å². The van der Waals surface area contributed by atoms with E-state index in [0.717, 1.165) is 5.56 Å². The van der Waals surface area contributed by atoms with Gasteiger partial charge in [-0.25, -0.2) is 9.38 Å². The van der Waals surface area contributed by atoms with Gasteiger partial charge in [-0.1, -0.05) is 12.1 Å². The average molecular weight is 457 g/mol. The quantitative estimate of drug-likeness (QED) is 0.432. The lowest BCUT2D eigenvalue weighted by atomic mass is 9.96. The van der Waals surface area contributed by atoms with E-state index in [1.54, 1.807) is 35.5 Å². The Hall–Kier alpha value is -4.27. The van der Waals surface area contributed by atoms with Crippen LogP contribution in [0.4, 0.5) is 4.39 Å². The van der Waals surface area contributed by atoms with Gasteiger partial charge in [0.15, 0.2) is 5.78 Å². The molecule has 0 spiro atoms. The van der Waals surface area contributed by atoms with Gasteiger partial charge in [-0.3, -0.25) is 29.3 Å². The van der Waals surface area contributed by atoms with Crippen LogP contribution in [0.25, 0.3) is 0 Å². The standard InChI is InChI=1S/C25H20FN5O3/c26-19-3-1-2-18(14-19)21(32)15-31-20(16-4-9-27-10-5-16)8-13-30-24(34)23(33)22(29-25(30)31)17-6-11-28-12-7-17/h1-7,9-12,14,20,22H,8,13,15H2. The molecule has 0 radical (unpaired) electrons. The SMILES string of the molecule is O=C(CN1C2=NC(c3ccncc3)C(=O)C(=O)N2CCC1c1ccncc1)c1cccc(F)c1. The molecule has 1 fully saturated rings. The fourth-order valence-corrected chi connectivity index (χ4v) is 4.35. The van der Waals surface area contributed by atoms with Crippen LogP contribution in [-0.2, 0) is 9.59 Å². The van der Waals surface area contributed by atoms with Crippen LogP contribution in [0.1, 0.15) is 40.0 Å². The molecular formula is C25H20FN5O3. The second-order valence-corrected chi connectivity index (χ2v) is 8.08. The second-order valence-electron chi connectivity index (χ2n) is 8.08. The number of guanidine groups is 1. The normalized spacial score (nSPS) is 20.1. The van der Waals surface area contributed by atoms with Crippen LogP contribution in [0.5, 0.6) is 0 Å². The van der Waals surface area contributed by atoms with Gasteiger partial charge in [0, 0.05) is 36.9 Å². The number of hydrogen-bond acceptors (Lipinski definition) is 7. The van der Waals surface area contributed by atoms with Gasteiger partial charge >= 0.3 is 0 Å². The van der Waals surface area contributed by atoms with Gasteiger partial charge in [-0.15, -0.1) is 0 Å². The number of nitrogens with zero attached hydrogens (tertiary/aromatic N) is 5. The molecule has 0 saturated carbocycles. The maximum Gasteiger partial charge on any atom is 0.299 e. The van der Waals surface area contributed by atoms with Crippen molar-refractivity contribution in [3.63, 3.8) is 0 Å². The molecule has 34 heavy (non-hydrogen) atoms. The van der Waals surface area contributed by atoms with Crippen molar-refractivity contribution in [2.24, 2.45) is 4.99 Å². The Kier molecular flexibility index (Phi) is 5.67. The first-order chi connectivity index (χ1) is 16.5. The highest BCUT2D eigenvalue weighted by Gasteiger charge is 2.44. The summed E-state index contributed by atoms with van der Waals surface area (Å²) in [4.78, 5) is 54.8. The Bertz CT molecular complexity index is 1280. The molecule has 0 N–H and O–H groups in total. The van der Waals surface area contributed by atoms with Gasteiger partial charge in [-0.2, -0.15) is 0 Å². The minimum Gasteiger partial charge on any atom is -0.328 e. The van der Waals surface area contributed by atoms with Gasteiger partial charge in [0.05, 0.1) is 12.6 Å². The van der Waals surface area contributed by atoms with Crippen LogP contribution in [0, 0.1) is 5.82 Å². The van der Waals surface area contributed by atoms with Crippen LogP contribution in [0.3, 0.4) is 0 Å². The molecule has 2 aliphatic heterocycles. The van der Waals surface area contributed by atoms with E-state index in [0.29, 0.717) is 12.0 Å². The molecule has 0 bridgehead atoms. The van der Waals surface area contributed by atoms with Crippen molar-refractivity contribution in [1.29, 1.82) is 0 Å². The van der Waals surface area contributed by atoms with Crippen molar-refractivity contribution >= 4 is 23.4 Å². The van der Waals surface area contributed by atoms with Gasteiger partial charge in [0.1, 0.15) is 11.9 Å². The largest absolute Gasteiger partial charge is 0.328 e. The first-order valence-corrected chi connectivity index (χ1v) is 10.8. The van der Waals surface area contributed by atoms with E-state index in [4.69, 9.17) is 0 Å². The number of aromatic nitrogens is 2. The van der Waals surface area contributed by atoms with Crippen molar-refractivity contribution in [2.45, 2.75) is 18.5 Å². The third-order valence-electron chi connectivity index (χ3n) is 6.02. The molecule has 4 heterocycles. The highest BCUT2D eigenvalue weighted by molar-refractivity contribution is 6.42. The number of rotatable bonds is 5. The molecule has 3 aromatic rings. The molecule has 2 unspecified atom stereocenters. The number of hydrogen-bond donors (Lipinski definition) is 0. The number of amides is 1. The average Bonchev–Trinajstić information content (AvgIpc) is 2.87. The van der Waals surface area contributed by atoms with Gasteiger partial charge < -0.3 is 4.90 Å². The molecule has 1 aromatic carbocycles. The second kappa shape index (κ2) is 8.93. The molecule has 8 nitrogen and oxygen atoms in total. The monoisotopic (exact) mass is 457 g/mol. The molecule has 2 aromatic heterocycles. The molecule has 170 valence electrons. The summed E-state index contributed by atoms with van der Waals surface area (Å²) in [7, 11) is 0. The molecule has 9 heteroatoms. The number of benzene rings is 1. The van der Waals surface area contributed by atoms with Crippen LogP contribution in [0.2, 0.25) is 0 Å². The first-order valence-electron chi connectivity index (χ1n) is 10.8. The summed E-state index contributed by atoms with van der Waals surface area (Å²) in [5, 5.41) is 0. The lowest BCUT2D eigenvalue weighted by Gasteiger charge is -2.45. The Morgan fingerprint density at radius 1 is 0.971 bits per heavy atom. The predicted octanol–water partition coefficient (Wildman–Crippen LogP) is 2.75. The molecule has 2 atom stereocenters. The van der Waals surface area contributed by atoms with Crippen molar-refractivity contribution in [2.75, 3.05) is 13.1 Å². The van der Waals surface area contributed by atoms with Crippen molar-refractivity contribution in [3.8, 4) is 0 Å². The van der Waals surface area contributed by atoms with E-state index in [2.05, 4.69) is 15.0 Å². The minimum absolute atomic E-state index is 0.143. The summed E-state index contributed by atoms with van der Waals surface area (Å²) < 4.78 is 13.8. The van der Waals surface area contributed by atoms with Crippen LogP contribution in [0.15, 0.2) is 78.3 Å². The van der Waals surface area contributed by atoms with Crippen molar-refractivity contribution in [1.82, 2.24) is 19.8 Å². The predicted molar refractivity (Wildman–Crippen MR) is 120 cm³/mol. The highest BCUT2D eigenvalue weighted by Crippen LogP contribution is 2.34. The van der Waals surface area contributed by atoms with Crippen LogP contribution in [-0.4, -0.2) is 56.3 Å². The van der Waals surface area contributed by atoms with E-state index in [-0.39, 0.29) is 36.4 Å². The Morgan fingerprint density at radius 3 is 2.32 bits per heavy atom. The maximum atomic E-state index is 13.8. The summed E-state index contributed by atoms with van der Waals surface area (Å²) in [5.74, 6) is -1.88. The summed E-state index contributed by atoms with van der Waals surface area (Å²) in [6.07, 6.45) is 6.87. The highest BCUT2D eigenvalue weighted by atomic mass is 19.1. The van der Waals surface area contributed by atoms with E-state index in [1.165, 1.54) is 35.5 Å². The molecule has 2 aliphatic rings. The molecule has 1 saturated heterocycles. The number of fused-ring (bicyclic) bond motifs is 1. The van der Waals surface area contributed by atoms with Gasteiger partial charge in [0.25, 0.3) is 5.91 Å². The zero-order valence-corrected chi connectivity index (χ0v) is 18.0. The molecule has 0 aliphatic carbocycles. The van der Waals surface area contributed by atoms with Gasteiger partial charge in [0.2, 0.25) is 11.7 Å². The number of carbonyl (C=O) groups is 3. The van der Waals surface area contributed by atoms with Crippen LogP contribution < -0.4 is 0 Å². The van der Waals surface area contributed by atoms with Crippen LogP contribution >= 0.6 is 0 Å². The summed E-state index contributed by atoms with van der Waals surface area (Å²) in [6, 6.07) is 11.1. The number of ketones is 2. The molecule has 1 amide bonds. The minimum atomic E-state index is -1.02. The fraction of sp³-hybridized carbons (Fsp3) is 0.200. The van der Waals surface area contributed by atoms with Crippen molar-refractivity contribution in [3.05, 3.63) is 95.8 Å². The molecular weight excluding hydrogens is 437 g/mol. The molecule has 5 rings (SSSR count). The van der Waals surface area contributed by atoms with Crippen molar-refractivity contribution < 1.29 is 18.8 Å². The zero-order valence-electron chi connectivity index (χ0n) is 18.0.